The summed E-state index contributed by atoms with van der Waals surface area (Å²) in [5.74, 6) is 0.500. The van der Waals surface area contributed by atoms with Gasteiger partial charge in [0, 0.05) is 10.6 Å². The van der Waals surface area contributed by atoms with Gasteiger partial charge >= 0.3 is 0 Å². The molecule has 2 aromatic rings. The molecule has 5 heteroatoms. The molecular formula is C9H7ClIN3. The molecule has 1 aromatic carbocycles. The molecule has 3 nitrogen and oxygen atoms in total. The Morgan fingerprint density at radius 1 is 1.36 bits per heavy atom. The normalized spacial score (nSPS) is 10.4. The molecule has 72 valence electrons. The lowest BCUT2D eigenvalue weighted by molar-refractivity contribution is 1.10. The molecule has 1 heterocycles. The fourth-order valence-corrected chi connectivity index (χ4v) is 1.95. The Morgan fingerprint density at radius 2 is 2.07 bits per heavy atom. The van der Waals surface area contributed by atoms with E-state index in [1.54, 1.807) is 0 Å². The third kappa shape index (κ3) is 1.59. The van der Waals surface area contributed by atoms with Crippen molar-refractivity contribution in [1.82, 2.24) is 10.2 Å². The van der Waals surface area contributed by atoms with Crippen molar-refractivity contribution < 1.29 is 0 Å². The topological polar surface area (TPSA) is 54.7 Å². The van der Waals surface area contributed by atoms with Gasteiger partial charge in [0.05, 0.1) is 9.26 Å². The van der Waals surface area contributed by atoms with Crippen molar-refractivity contribution in [2.75, 3.05) is 5.73 Å². The zero-order valence-corrected chi connectivity index (χ0v) is 10.0. The summed E-state index contributed by atoms with van der Waals surface area (Å²) >= 11 is 8.19. The van der Waals surface area contributed by atoms with Crippen LogP contribution >= 0.6 is 34.2 Å². The quantitative estimate of drug-likeness (QED) is 0.794. The zero-order valence-electron chi connectivity index (χ0n) is 7.09. The van der Waals surface area contributed by atoms with Gasteiger partial charge in [-0.25, -0.2) is 0 Å². The molecule has 0 aliphatic carbocycles. The number of nitrogen functional groups attached to an aromatic ring is 1. The molecule has 0 aliphatic rings. The molecule has 3 N–H and O–H groups in total. The number of rotatable bonds is 1. The van der Waals surface area contributed by atoms with Crippen LogP contribution in [0.5, 0.6) is 0 Å². The maximum atomic E-state index is 6.05. The first-order chi connectivity index (χ1) is 6.70. The van der Waals surface area contributed by atoms with Crippen LogP contribution in [0.15, 0.2) is 24.3 Å². The van der Waals surface area contributed by atoms with Crippen molar-refractivity contribution in [3.63, 3.8) is 0 Å². The third-order valence-corrected chi connectivity index (χ3v) is 3.30. The summed E-state index contributed by atoms with van der Waals surface area (Å²) < 4.78 is 0.899. The predicted molar refractivity (Wildman–Crippen MR) is 66.2 cm³/mol. The van der Waals surface area contributed by atoms with E-state index in [4.69, 9.17) is 17.3 Å². The van der Waals surface area contributed by atoms with Crippen molar-refractivity contribution in [1.29, 1.82) is 0 Å². The Morgan fingerprint density at radius 3 is 2.64 bits per heavy atom. The number of aromatic nitrogens is 2. The highest BCUT2D eigenvalue weighted by atomic mass is 127. The van der Waals surface area contributed by atoms with Crippen LogP contribution in [0.2, 0.25) is 5.02 Å². The molecule has 0 bridgehead atoms. The lowest BCUT2D eigenvalue weighted by Gasteiger charge is -2.00. The monoisotopic (exact) mass is 319 g/mol. The van der Waals surface area contributed by atoms with Crippen LogP contribution in [-0.2, 0) is 0 Å². The molecule has 0 spiro atoms. The van der Waals surface area contributed by atoms with E-state index in [1.807, 2.05) is 24.3 Å². The Hall–Kier alpha value is -0.750. The first-order valence-electron chi connectivity index (χ1n) is 3.94. The number of hydrogen-bond donors (Lipinski definition) is 2. The first kappa shape index (κ1) is 9.79. The van der Waals surface area contributed by atoms with Crippen LogP contribution in [-0.4, -0.2) is 10.2 Å². The van der Waals surface area contributed by atoms with Gasteiger partial charge in [-0.2, -0.15) is 5.10 Å². The van der Waals surface area contributed by atoms with Crippen molar-refractivity contribution in [2.24, 2.45) is 0 Å². The van der Waals surface area contributed by atoms with E-state index in [-0.39, 0.29) is 0 Å². The summed E-state index contributed by atoms with van der Waals surface area (Å²) in [4.78, 5) is 0. The van der Waals surface area contributed by atoms with Gasteiger partial charge in [-0.15, -0.1) is 0 Å². The molecule has 0 amide bonds. The predicted octanol–water partition coefficient (Wildman–Crippen LogP) is 2.92. The highest BCUT2D eigenvalue weighted by Gasteiger charge is 2.11. The van der Waals surface area contributed by atoms with Crippen LogP contribution < -0.4 is 5.73 Å². The molecule has 0 aliphatic heterocycles. The van der Waals surface area contributed by atoms with E-state index >= 15 is 0 Å². The summed E-state index contributed by atoms with van der Waals surface area (Å²) in [5.41, 5.74) is 7.42. The van der Waals surface area contributed by atoms with Gasteiger partial charge in [0.15, 0.2) is 5.82 Å². The van der Waals surface area contributed by atoms with Gasteiger partial charge in [0.2, 0.25) is 0 Å². The molecule has 0 atom stereocenters. The fourth-order valence-electron chi connectivity index (χ4n) is 1.18. The number of benzene rings is 1. The summed E-state index contributed by atoms with van der Waals surface area (Å²) in [7, 11) is 0. The number of anilines is 1. The Balaban J connectivity index is 2.60. The second kappa shape index (κ2) is 3.78. The number of H-pyrrole nitrogens is 1. The highest BCUT2D eigenvalue weighted by Crippen LogP contribution is 2.31. The summed E-state index contributed by atoms with van der Waals surface area (Å²) in [6.07, 6.45) is 0. The highest BCUT2D eigenvalue weighted by molar-refractivity contribution is 14.1. The van der Waals surface area contributed by atoms with Gasteiger partial charge in [-0.3, -0.25) is 5.10 Å². The molecule has 0 unspecified atom stereocenters. The van der Waals surface area contributed by atoms with Crippen molar-refractivity contribution in [3.8, 4) is 11.3 Å². The van der Waals surface area contributed by atoms with Crippen molar-refractivity contribution in [2.45, 2.75) is 0 Å². The van der Waals surface area contributed by atoms with Crippen LogP contribution in [0.25, 0.3) is 11.3 Å². The van der Waals surface area contributed by atoms with E-state index in [9.17, 15) is 0 Å². The van der Waals surface area contributed by atoms with Crippen LogP contribution in [0.3, 0.4) is 0 Å². The van der Waals surface area contributed by atoms with Crippen molar-refractivity contribution >= 4 is 40.0 Å². The van der Waals surface area contributed by atoms with Crippen LogP contribution in [0.1, 0.15) is 0 Å². The minimum atomic E-state index is 0.500. The van der Waals surface area contributed by atoms with E-state index < -0.39 is 0 Å². The van der Waals surface area contributed by atoms with Gasteiger partial charge < -0.3 is 5.73 Å². The second-order valence-electron chi connectivity index (χ2n) is 2.78. The lowest BCUT2D eigenvalue weighted by atomic mass is 10.1. The van der Waals surface area contributed by atoms with E-state index in [0.29, 0.717) is 10.8 Å². The number of nitrogens with one attached hydrogen (secondary N) is 1. The SMILES string of the molecule is Nc1n[nH]c(-c2ccccc2Cl)c1I. The Kier molecular flexibility index (Phi) is 2.64. The minimum absolute atomic E-state index is 0.500. The number of nitrogens with zero attached hydrogens (tertiary/aromatic N) is 1. The van der Waals surface area contributed by atoms with E-state index in [1.165, 1.54) is 0 Å². The number of hydrogen-bond acceptors (Lipinski definition) is 2. The molecule has 2 rings (SSSR count). The van der Waals surface area contributed by atoms with E-state index in [0.717, 1.165) is 14.8 Å². The Labute approximate surface area is 99.8 Å². The number of nitrogens with two attached hydrogens (primary N) is 1. The minimum Gasteiger partial charge on any atom is -0.381 e. The van der Waals surface area contributed by atoms with Gasteiger partial charge in [-0.05, 0) is 28.7 Å². The van der Waals surface area contributed by atoms with Gasteiger partial charge in [0.25, 0.3) is 0 Å². The maximum Gasteiger partial charge on any atom is 0.159 e. The van der Waals surface area contributed by atoms with E-state index in [2.05, 4.69) is 32.8 Å². The molecule has 0 saturated heterocycles. The smallest absolute Gasteiger partial charge is 0.159 e. The maximum absolute atomic E-state index is 6.05. The van der Waals surface area contributed by atoms with Crippen molar-refractivity contribution in [3.05, 3.63) is 32.9 Å². The third-order valence-electron chi connectivity index (χ3n) is 1.88. The van der Waals surface area contributed by atoms with Gasteiger partial charge in [0.1, 0.15) is 0 Å². The zero-order chi connectivity index (χ0) is 10.1. The molecular weight excluding hydrogens is 312 g/mol. The summed E-state index contributed by atoms with van der Waals surface area (Å²) in [6.45, 7) is 0. The second-order valence-corrected chi connectivity index (χ2v) is 4.26. The molecule has 0 fully saturated rings. The van der Waals surface area contributed by atoms with Crippen LogP contribution in [0.4, 0.5) is 5.82 Å². The number of halogens is 2. The lowest BCUT2D eigenvalue weighted by Crippen LogP contribution is -1.86. The largest absolute Gasteiger partial charge is 0.381 e. The molecule has 14 heavy (non-hydrogen) atoms. The average Bonchev–Trinajstić information content (AvgIpc) is 2.49. The molecule has 0 saturated carbocycles. The molecule has 0 radical (unpaired) electrons. The number of aromatic amines is 1. The fraction of sp³-hybridized carbons (Fsp3) is 0. The standard InChI is InChI=1S/C9H7ClIN3/c10-6-4-2-1-3-5(6)8-7(11)9(12)14-13-8/h1-4H,(H3,12,13,14). The Bertz CT molecular complexity index is 467. The average molecular weight is 320 g/mol. The van der Waals surface area contributed by atoms with Crippen LogP contribution in [0, 0.1) is 3.57 Å². The summed E-state index contributed by atoms with van der Waals surface area (Å²) in [6, 6.07) is 7.58. The first-order valence-corrected chi connectivity index (χ1v) is 5.40. The summed E-state index contributed by atoms with van der Waals surface area (Å²) in [5, 5.41) is 7.47. The van der Waals surface area contributed by atoms with Gasteiger partial charge in [-0.1, -0.05) is 29.8 Å². The molecule has 1 aromatic heterocycles.